The van der Waals surface area contributed by atoms with Crippen molar-refractivity contribution in [1.82, 2.24) is 0 Å². The van der Waals surface area contributed by atoms with Crippen LogP contribution >= 0.6 is 11.6 Å². The lowest BCUT2D eigenvalue weighted by Crippen LogP contribution is -2.15. The van der Waals surface area contributed by atoms with Crippen molar-refractivity contribution in [3.63, 3.8) is 0 Å². The molecule has 0 saturated carbocycles. The third kappa shape index (κ3) is 2.26. The van der Waals surface area contributed by atoms with Crippen LogP contribution in [0.15, 0.2) is 0 Å². The second-order valence-corrected chi connectivity index (χ2v) is 2.32. The molecule has 0 heterocycles. The summed E-state index contributed by atoms with van der Waals surface area (Å²) in [7, 11) is 0. The fourth-order valence-corrected chi connectivity index (χ4v) is 0.514. The van der Waals surface area contributed by atoms with E-state index in [1.165, 1.54) is 0 Å². The normalized spacial score (nSPS) is 14.1. The minimum atomic E-state index is -1.50. The van der Waals surface area contributed by atoms with Crippen LogP contribution in [-0.2, 0) is 4.79 Å². The third-order valence-corrected chi connectivity index (χ3v) is 1.01. The van der Waals surface area contributed by atoms with E-state index in [2.05, 4.69) is 0 Å². The predicted molar refractivity (Wildman–Crippen MR) is 30.6 cm³/mol. The number of alkyl halides is 1. The van der Waals surface area contributed by atoms with Gasteiger partial charge in [0, 0.05) is 0 Å². The van der Waals surface area contributed by atoms with Crippen LogP contribution in [0.4, 0.5) is 4.39 Å². The zero-order valence-corrected chi connectivity index (χ0v) is 5.57. The Balaban J connectivity index is 3.64. The molecule has 0 aromatic carbocycles. The number of hydrogen-bond donors (Lipinski definition) is 0. The summed E-state index contributed by atoms with van der Waals surface area (Å²) in [5, 5.41) is -0.903. The summed E-state index contributed by atoms with van der Waals surface area (Å²) >= 11 is 4.81. The molecule has 0 fully saturated rings. The van der Waals surface area contributed by atoms with Gasteiger partial charge in [-0.25, -0.2) is 4.39 Å². The van der Waals surface area contributed by atoms with Gasteiger partial charge in [0.15, 0.2) is 6.17 Å². The highest BCUT2D eigenvalue weighted by atomic mass is 35.5. The van der Waals surface area contributed by atoms with E-state index in [4.69, 9.17) is 11.6 Å². The van der Waals surface area contributed by atoms with Crippen LogP contribution in [0.5, 0.6) is 0 Å². The number of rotatable bonds is 2. The lowest BCUT2D eigenvalue weighted by Gasteiger charge is -2.03. The topological polar surface area (TPSA) is 17.1 Å². The van der Waals surface area contributed by atoms with Gasteiger partial charge in [-0.3, -0.25) is 4.79 Å². The molecular weight excluding hydrogens is 131 g/mol. The molecule has 48 valence electrons. The first-order chi connectivity index (χ1) is 3.55. The molecule has 0 radical (unpaired) electrons. The molecule has 0 amide bonds. The second kappa shape index (κ2) is 3.02. The van der Waals surface area contributed by atoms with Gasteiger partial charge in [-0.1, -0.05) is 13.8 Å². The Kier molecular flexibility index (Phi) is 2.98. The van der Waals surface area contributed by atoms with Gasteiger partial charge in [0.25, 0.3) is 5.24 Å². The van der Waals surface area contributed by atoms with E-state index in [0.29, 0.717) is 0 Å². The van der Waals surface area contributed by atoms with Gasteiger partial charge in [-0.05, 0) is 17.5 Å². The van der Waals surface area contributed by atoms with Crippen molar-refractivity contribution in [2.75, 3.05) is 0 Å². The van der Waals surface area contributed by atoms with Crippen molar-refractivity contribution in [3.05, 3.63) is 0 Å². The van der Waals surface area contributed by atoms with E-state index in [1.54, 1.807) is 13.8 Å². The van der Waals surface area contributed by atoms with Gasteiger partial charge < -0.3 is 0 Å². The predicted octanol–water partition coefficient (Wildman–Crippen LogP) is 1.75. The molecule has 0 N–H and O–H groups in total. The third-order valence-electron chi connectivity index (χ3n) is 0.802. The minimum absolute atomic E-state index is 0.306. The number of carbonyl (C=O) groups is 1. The van der Waals surface area contributed by atoms with Crippen LogP contribution in [0.2, 0.25) is 0 Å². The molecular formula is C5H8ClFO. The van der Waals surface area contributed by atoms with Crippen molar-refractivity contribution in [3.8, 4) is 0 Å². The van der Waals surface area contributed by atoms with E-state index in [9.17, 15) is 9.18 Å². The number of carbonyl (C=O) groups excluding carboxylic acids is 1. The zero-order valence-electron chi connectivity index (χ0n) is 4.82. The van der Waals surface area contributed by atoms with Gasteiger partial charge in [0.05, 0.1) is 0 Å². The molecule has 0 bridgehead atoms. The van der Waals surface area contributed by atoms with Crippen LogP contribution in [0.1, 0.15) is 13.8 Å². The molecule has 0 aromatic rings. The fraction of sp³-hybridized carbons (Fsp3) is 0.800. The van der Waals surface area contributed by atoms with Gasteiger partial charge >= 0.3 is 0 Å². The lowest BCUT2D eigenvalue weighted by molar-refractivity contribution is -0.117. The van der Waals surface area contributed by atoms with Gasteiger partial charge in [0.1, 0.15) is 0 Å². The average Bonchev–Trinajstić information content (AvgIpc) is 1.64. The molecule has 0 aliphatic heterocycles. The van der Waals surface area contributed by atoms with Crippen LogP contribution in [0, 0.1) is 5.92 Å². The van der Waals surface area contributed by atoms with Crippen molar-refractivity contribution in [1.29, 1.82) is 0 Å². The Morgan fingerprint density at radius 2 is 2.00 bits per heavy atom. The Morgan fingerprint density at radius 3 is 2.00 bits per heavy atom. The summed E-state index contributed by atoms with van der Waals surface area (Å²) in [5.74, 6) is -0.306. The summed E-state index contributed by atoms with van der Waals surface area (Å²) in [6, 6.07) is 0. The summed E-state index contributed by atoms with van der Waals surface area (Å²) in [6.07, 6.45) is -1.50. The highest BCUT2D eigenvalue weighted by Crippen LogP contribution is 2.08. The van der Waals surface area contributed by atoms with Crippen molar-refractivity contribution >= 4 is 16.8 Å². The zero-order chi connectivity index (χ0) is 6.73. The molecule has 3 heteroatoms. The van der Waals surface area contributed by atoms with Gasteiger partial charge in [0.2, 0.25) is 0 Å². The molecule has 1 unspecified atom stereocenters. The summed E-state index contributed by atoms with van der Waals surface area (Å²) in [5.41, 5.74) is 0. The SMILES string of the molecule is CC(C)C(F)C(=O)Cl. The summed E-state index contributed by atoms with van der Waals surface area (Å²) in [4.78, 5) is 9.98. The molecule has 0 aromatic heterocycles. The maximum atomic E-state index is 12.2. The highest BCUT2D eigenvalue weighted by Gasteiger charge is 2.17. The monoisotopic (exact) mass is 138 g/mol. The maximum absolute atomic E-state index is 12.2. The minimum Gasteiger partial charge on any atom is -0.278 e. The molecule has 0 aliphatic carbocycles. The first-order valence-electron chi connectivity index (χ1n) is 2.39. The molecule has 0 aliphatic rings. The number of hydrogen-bond acceptors (Lipinski definition) is 1. The molecule has 0 spiro atoms. The molecule has 0 saturated heterocycles. The van der Waals surface area contributed by atoms with Crippen molar-refractivity contribution in [2.24, 2.45) is 5.92 Å². The molecule has 8 heavy (non-hydrogen) atoms. The van der Waals surface area contributed by atoms with Gasteiger partial charge in [-0.2, -0.15) is 0 Å². The van der Waals surface area contributed by atoms with Crippen LogP contribution < -0.4 is 0 Å². The van der Waals surface area contributed by atoms with E-state index in [0.717, 1.165) is 0 Å². The Morgan fingerprint density at radius 1 is 1.62 bits per heavy atom. The van der Waals surface area contributed by atoms with Crippen LogP contribution in [-0.4, -0.2) is 11.4 Å². The van der Waals surface area contributed by atoms with E-state index in [1.807, 2.05) is 0 Å². The lowest BCUT2D eigenvalue weighted by atomic mass is 10.1. The maximum Gasteiger partial charge on any atom is 0.256 e. The summed E-state index contributed by atoms with van der Waals surface area (Å²) in [6.45, 7) is 3.20. The fourth-order valence-electron chi connectivity index (χ4n) is 0.262. The highest BCUT2D eigenvalue weighted by molar-refractivity contribution is 6.64. The van der Waals surface area contributed by atoms with Gasteiger partial charge in [-0.15, -0.1) is 0 Å². The van der Waals surface area contributed by atoms with Crippen LogP contribution in [0.25, 0.3) is 0 Å². The second-order valence-electron chi connectivity index (χ2n) is 1.95. The molecule has 1 nitrogen and oxygen atoms in total. The first-order valence-corrected chi connectivity index (χ1v) is 2.77. The quantitative estimate of drug-likeness (QED) is 0.532. The van der Waals surface area contributed by atoms with Crippen molar-refractivity contribution in [2.45, 2.75) is 20.0 Å². The Bertz CT molecular complexity index is 92.4. The Labute approximate surface area is 52.8 Å². The molecule has 1 atom stereocenters. The van der Waals surface area contributed by atoms with Crippen LogP contribution in [0.3, 0.4) is 0 Å². The smallest absolute Gasteiger partial charge is 0.256 e. The standard InChI is InChI=1S/C5H8ClFO/c1-3(2)4(7)5(6)8/h3-4H,1-2H3. The number of halogens is 2. The summed E-state index contributed by atoms with van der Waals surface area (Å²) < 4.78 is 12.2. The first kappa shape index (κ1) is 7.89. The largest absolute Gasteiger partial charge is 0.278 e. The van der Waals surface area contributed by atoms with E-state index >= 15 is 0 Å². The average molecular weight is 139 g/mol. The van der Waals surface area contributed by atoms with E-state index in [-0.39, 0.29) is 5.92 Å². The Hall–Kier alpha value is -0.110. The van der Waals surface area contributed by atoms with E-state index < -0.39 is 11.4 Å². The van der Waals surface area contributed by atoms with Crippen molar-refractivity contribution < 1.29 is 9.18 Å². The molecule has 0 rings (SSSR count).